The number of nitrogens with one attached hydrogen (secondary N) is 2. The van der Waals surface area contributed by atoms with Gasteiger partial charge in [0.15, 0.2) is 0 Å². The van der Waals surface area contributed by atoms with Crippen LogP contribution in [0.25, 0.3) is 0 Å². The highest BCUT2D eigenvalue weighted by atomic mass is 35.5. The lowest BCUT2D eigenvalue weighted by molar-refractivity contribution is -0.126. The van der Waals surface area contributed by atoms with Crippen LogP contribution in [-0.4, -0.2) is 24.6 Å². The molecule has 0 aliphatic carbocycles. The molecule has 28 heavy (non-hydrogen) atoms. The van der Waals surface area contributed by atoms with Gasteiger partial charge in [0.2, 0.25) is 5.91 Å². The van der Waals surface area contributed by atoms with E-state index in [4.69, 9.17) is 23.2 Å². The van der Waals surface area contributed by atoms with E-state index in [0.29, 0.717) is 22.0 Å². The van der Waals surface area contributed by atoms with Gasteiger partial charge in [-0.05, 0) is 18.6 Å². The van der Waals surface area contributed by atoms with E-state index in [1.54, 1.807) is 18.2 Å². The van der Waals surface area contributed by atoms with Crippen molar-refractivity contribution in [2.24, 2.45) is 5.10 Å². The number of hydrogen-bond donors (Lipinski definition) is 2. The Morgan fingerprint density at radius 3 is 2.25 bits per heavy atom. The molecule has 0 aliphatic rings. The molecule has 5 nitrogen and oxygen atoms in total. The smallest absolute Gasteiger partial charge is 0.259 e. The van der Waals surface area contributed by atoms with Crippen LogP contribution in [0, 0.1) is 0 Å². The quantitative estimate of drug-likeness (QED) is 0.234. The fraction of sp³-hybridized carbons (Fsp3) is 0.571. The summed E-state index contributed by atoms with van der Waals surface area (Å²) in [4.78, 5) is 23.5. The lowest BCUT2D eigenvalue weighted by atomic mass is 10.1. The number of carbonyl (C=O) groups is 2. The van der Waals surface area contributed by atoms with E-state index in [2.05, 4.69) is 22.8 Å². The monoisotopic (exact) mass is 427 g/mol. The Balaban J connectivity index is 2.06. The minimum Gasteiger partial charge on any atom is -0.347 e. The zero-order valence-electron chi connectivity index (χ0n) is 16.6. The van der Waals surface area contributed by atoms with Crippen molar-refractivity contribution in [3.63, 3.8) is 0 Å². The molecule has 0 spiro atoms. The predicted molar refractivity (Wildman–Crippen MR) is 117 cm³/mol. The molecule has 156 valence electrons. The van der Waals surface area contributed by atoms with Crippen LogP contribution < -0.4 is 10.7 Å². The molecule has 0 radical (unpaired) electrons. The summed E-state index contributed by atoms with van der Waals surface area (Å²) in [5, 5.41) is 7.41. The maximum atomic E-state index is 11.8. The molecule has 1 aromatic carbocycles. The minimum absolute atomic E-state index is 0.0953. The SMILES string of the molecule is CCCCCCCCCCCC(=O)NCC(=O)NN=Cc1ccc(Cl)cc1Cl. The van der Waals surface area contributed by atoms with Crippen molar-refractivity contribution in [2.45, 2.75) is 71.1 Å². The van der Waals surface area contributed by atoms with Crippen LogP contribution in [0.2, 0.25) is 10.0 Å². The van der Waals surface area contributed by atoms with Crippen molar-refractivity contribution in [3.05, 3.63) is 33.8 Å². The maximum Gasteiger partial charge on any atom is 0.259 e. The zero-order valence-corrected chi connectivity index (χ0v) is 18.1. The van der Waals surface area contributed by atoms with E-state index in [1.165, 1.54) is 51.2 Å². The Hall–Kier alpha value is -1.59. The van der Waals surface area contributed by atoms with E-state index >= 15 is 0 Å². The number of nitrogens with zero attached hydrogens (tertiary/aromatic N) is 1. The summed E-state index contributed by atoms with van der Waals surface area (Å²) in [6, 6.07) is 4.98. The molecule has 0 bridgehead atoms. The molecular formula is C21H31Cl2N3O2. The van der Waals surface area contributed by atoms with Gasteiger partial charge in [-0.3, -0.25) is 9.59 Å². The third-order valence-electron chi connectivity index (χ3n) is 4.31. The molecule has 0 saturated carbocycles. The van der Waals surface area contributed by atoms with E-state index in [-0.39, 0.29) is 18.4 Å². The lowest BCUT2D eigenvalue weighted by Crippen LogP contribution is -2.34. The van der Waals surface area contributed by atoms with Crippen LogP contribution in [0.15, 0.2) is 23.3 Å². The number of unbranched alkanes of at least 4 members (excludes halogenated alkanes) is 8. The van der Waals surface area contributed by atoms with E-state index in [9.17, 15) is 9.59 Å². The topological polar surface area (TPSA) is 70.6 Å². The molecule has 1 aromatic rings. The summed E-state index contributed by atoms with van der Waals surface area (Å²) in [6.45, 7) is 2.13. The van der Waals surface area contributed by atoms with Crippen molar-refractivity contribution in [3.8, 4) is 0 Å². The number of hydrazone groups is 1. The van der Waals surface area contributed by atoms with Crippen LogP contribution >= 0.6 is 23.2 Å². The van der Waals surface area contributed by atoms with Crippen molar-refractivity contribution in [2.75, 3.05) is 6.54 Å². The first kappa shape index (κ1) is 24.4. The molecule has 2 amide bonds. The number of amides is 2. The minimum atomic E-state index is -0.387. The van der Waals surface area contributed by atoms with Gasteiger partial charge in [0.05, 0.1) is 17.8 Å². The molecule has 0 fully saturated rings. The lowest BCUT2D eigenvalue weighted by Gasteiger charge is -2.05. The van der Waals surface area contributed by atoms with Gasteiger partial charge in [0.25, 0.3) is 5.91 Å². The van der Waals surface area contributed by atoms with Crippen LogP contribution in [-0.2, 0) is 9.59 Å². The second-order valence-corrected chi connectivity index (χ2v) is 7.66. The normalized spacial score (nSPS) is 11.0. The molecule has 0 aliphatic heterocycles. The van der Waals surface area contributed by atoms with Crippen molar-refractivity contribution in [1.29, 1.82) is 0 Å². The van der Waals surface area contributed by atoms with Gasteiger partial charge in [-0.15, -0.1) is 0 Å². The van der Waals surface area contributed by atoms with Crippen molar-refractivity contribution < 1.29 is 9.59 Å². The highest BCUT2D eigenvalue weighted by Crippen LogP contribution is 2.19. The predicted octanol–water partition coefficient (Wildman–Crippen LogP) is 5.48. The number of halogens is 2. The maximum absolute atomic E-state index is 11.8. The van der Waals surface area contributed by atoms with Gasteiger partial charge in [0.1, 0.15) is 0 Å². The zero-order chi connectivity index (χ0) is 20.6. The van der Waals surface area contributed by atoms with Gasteiger partial charge in [-0.25, -0.2) is 5.43 Å². The number of rotatable bonds is 14. The first-order chi connectivity index (χ1) is 13.5. The van der Waals surface area contributed by atoms with E-state index < -0.39 is 0 Å². The Labute approximate surface area is 178 Å². The molecule has 2 N–H and O–H groups in total. The average molecular weight is 428 g/mol. The summed E-state index contributed by atoms with van der Waals surface area (Å²) in [6.07, 6.45) is 12.7. The average Bonchev–Trinajstić information content (AvgIpc) is 2.67. The summed E-state index contributed by atoms with van der Waals surface area (Å²) >= 11 is 11.8. The third-order valence-corrected chi connectivity index (χ3v) is 4.87. The second kappa shape index (κ2) is 15.3. The summed E-state index contributed by atoms with van der Waals surface area (Å²) in [7, 11) is 0. The van der Waals surface area contributed by atoms with E-state index in [1.807, 2.05) is 0 Å². The first-order valence-corrected chi connectivity index (χ1v) is 10.8. The van der Waals surface area contributed by atoms with Crippen LogP contribution in [0.1, 0.15) is 76.7 Å². The number of hydrogen-bond acceptors (Lipinski definition) is 3. The van der Waals surface area contributed by atoms with Crippen LogP contribution in [0.5, 0.6) is 0 Å². The summed E-state index contributed by atoms with van der Waals surface area (Å²) in [5.74, 6) is -0.496. The van der Waals surface area contributed by atoms with Gasteiger partial charge in [0, 0.05) is 17.0 Å². The molecule has 7 heteroatoms. The highest BCUT2D eigenvalue weighted by Gasteiger charge is 2.05. The molecule has 0 aromatic heterocycles. The summed E-state index contributed by atoms with van der Waals surface area (Å²) in [5.41, 5.74) is 3.00. The summed E-state index contributed by atoms with van der Waals surface area (Å²) < 4.78 is 0. The van der Waals surface area contributed by atoms with Crippen LogP contribution in [0.3, 0.4) is 0 Å². The number of carbonyl (C=O) groups excluding carboxylic acids is 2. The second-order valence-electron chi connectivity index (χ2n) is 6.81. The Kier molecular flexibility index (Phi) is 13.4. The Morgan fingerprint density at radius 1 is 0.964 bits per heavy atom. The fourth-order valence-corrected chi connectivity index (χ4v) is 3.14. The molecule has 0 heterocycles. The standard InChI is InChI=1S/C21H31Cl2N3O2/c1-2-3-4-5-6-7-8-9-10-11-20(27)24-16-21(28)26-25-15-17-12-13-18(22)14-19(17)23/h12-15H,2-11,16H2,1H3,(H,24,27)(H,26,28). The van der Waals surface area contributed by atoms with E-state index in [0.717, 1.165) is 12.8 Å². The van der Waals surface area contributed by atoms with Gasteiger partial charge in [-0.1, -0.05) is 87.6 Å². The molecular weight excluding hydrogens is 397 g/mol. The van der Waals surface area contributed by atoms with Gasteiger partial charge < -0.3 is 5.32 Å². The first-order valence-electron chi connectivity index (χ1n) is 10.1. The van der Waals surface area contributed by atoms with Crippen molar-refractivity contribution >= 4 is 41.2 Å². The number of benzene rings is 1. The Bertz CT molecular complexity index is 636. The van der Waals surface area contributed by atoms with Crippen molar-refractivity contribution in [1.82, 2.24) is 10.7 Å². The van der Waals surface area contributed by atoms with Gasteiger partial charge in [-0.2, -0.15) is 5.10 Å². The Morgan fingerprint density at radius 2 is 1.61 bits per heavy atom. The third kappa shape index (κ3) is 12.0. The van der Waals surface area contributed by atoms with Gasteiger partial charge >= 0.3 is 0 Å². The van der Waals surface area contributed by atoms with Crippen LogP contribution in [0.4, 0.5) is 0 Å². The molecule has 0 saturated heterocycles. The largest absolute Gasteiger partial charge is 0.347 e. The fourth-order valence-electron chi connectivity index (χ4n) is 2.68. The molecule has 0 atom stereocenters. The molecule has 1 rings (SSSR count). The highest BCUT2D eigenvalue weighted by molar-refractivity contribution is 6.36. The molecule has 0 unspecified atom stereocenters.